The number of benzene rings is 1. The minimum Gasteiger partial charge on any atom is -0.496 e. The van der Waals surface area contributed by atoms with E-state index in [1.54, 1.807) is 7.11 Å². The van der Waals surface area contributed by atoms with Crippen LogP contribution in [0, 0.1) is 18.3 Å². The summed E-state index contributed by atoms with van der Waals surface area (Å²) in [6, 6.07) is 8.15. The molecule has 0 saturated carbocycles. The zero-order valence-corrected chi connectivity index (χ0v) is 13.5. The molecule has 1 aliphatic heterocycles. The number of nitrogens with zero attached hydrogens (tertiary/aromatic N) is 4. The van der Waals surface area contributed by atoms with Crippen molar-refractivity contribution >= 4 is 11.6 Å². The molecule has 0 radical (unpaired) electrons. The van der Waals surface area contributed by atoms with Crippen LogP contribution in [0.5, 0.6) is 5.75 Å². The zero-order valence-electron chi connectivity index (χ0n) is 13.5. The second kappa shape index (κ2) is 6.66. The highest BCUT2D eigenvalue weighted by molar-refractivity contribution is 5.87. The van der Waals surface area contributed by atoms with Crippen LogP contribution in [0.4, 0.5) is 0 Å². The van der Waals surface area contributed by atoms with Crippen LogP contribution in [0.15, 0.2) is 18.2 Å². The van der Waals surface area contributed by atoms with Gasteiger partial charge in [-0.1, -0.05) is 12.5 Å². The first-order chi connectivity index (χ1) is 11.2. The molecule has 1 aliphatic rings. The molecule has 0 bridgehead atoms. The molecule has 0 aliphatic carbocycles. The lowest BCUT2D eigenvalue weighted by molar-refractivity contribution is 0.411. The van der Waals surface area contributed by atoms with E-state index in [9.17, 15) is 5.26 Å². The Kier molecular flexibility index (Phi) is 4.42. The van der Waals surface area contributed by atoms with Gasteiger partial charge < -0.3 is 9.30 Å². The lowest BCUT2D eigenvalue weighted by Crippen LogP contribution is -2.05. The van der Waals surface area contributed by atoms with E-state index in [0.29, 0.717) is 11.4 Å². The van der Waals surface area contributed by atoms with Crippen molar-refractivity contribution in [1.29, 1.82) is 5.26 Å². The third-order valence-electron chi connectivity index (χ3n) is 4.20. The summed E-state index contributed by atoms with van der Waals surface area (Å²) in [5.74, 6) is 2.51. The van der Waals surface area contributed by atoms with Gasteiger partial charge in [-0.2, -0.15) is 5.26 Å². The third-order valence-corrected chi connectivity index (χ3v) is 4.20. The summed E-state index contributed by atoms with van der Waals surface area (Å²) in [5, 5.41) is 18.1. The van der Waals surface area contributed by atoms with Crippen molar-refractivity contribution in [3.05, 3.63) is 41.0 Å². The first-order valence-corrected chi connectivity index (χ1v) is 7.92. The van der Waals surface area contributed by atoms with Crippen LogP contribution in [-0.2, 0) is 13.0 Å². The molecule has 5 nitrogen and oxygen atoms in total. The maximum absolute atomic E-state index is 9.58. The summed E-state index contributed by atoms with van der Waals surface area (Å²) in [6.45, 7) is 2.88. The maximum atomic E-state index is 9.58. The molecule has 0 saturated heterocycles. The quantitative estimate of drug-likeness (QED) is 0.815. The molecule has 2 heterocycles. The van der Waals surface area contributed by atoms with E-state index < -0.39 is 0 Å². The summed E-state index contributed by atoms with van der Waals surface area (Å²) < 4.78 is 7.38. The average molecular weight is 308 g/mol. The van der Waals surface area contributed by atoms with Crippen LogP contribution in [0.1, 0.15) is 42.0 Å². The highest BCUT2D eigenvalue weighted by atomic mass is 16.5. The summed E-state index contributed by atoms with van der Waals surface area (Å²) >= 11 is 0. The third kappa shape index (κ3) is 3.11. The molecule has 3 rings (SSSR count). The van der Waals surface area contributed by atoms with Gasteiger partial charge in [-0.05, 0) is 49.1 Å². The predicted octanol–water partition coefficient (Wildman–Crippen LogP) is 3.39. The Bertz CT molecular complexity index is 783. The van der Waals surface area contributed by atoms with E-state index in [1.807, 2.05) is 31.2 Å². The zero-order chi connectivity index (χ0) is 16.2. The van der Waals surface area contributed by atoms with Gasteiger partial charge >= 0.3 is 0 Å². The monoisotopic (exact) mass is 308 g/mol. The Hall–Kier alpha value is -2.61. The molecule has 0 amide bonds. The number of aryl methyl sites for hydroxylation is 2. The molecule has 0 spiro atoms. The Morgan fingerprint density at radius 3 is 2.91 bits per heavy atom. The van der Waals surface area contributed by atoms with Gasteiger partial charge in [-0.25, -0.2) is 0 Å². The molecule has 1 aromatic heterocycles. The maximum Gasteiger partial charge on any atom is 0.174 e. The number of aromatic nitrogens is 3. The summed E-state index contributed by atoms with van der Waals surface area (Å²) in [6.07, 6.45) is 6.26. The molecule has 2 aromatic rings. The molecular formula is C18H20N4O. The van der Waals surface area contributed by atoms with Crippen LogP contribution >= 0.6 is 0 Å². The van der Waals surface area contributed by atoms with Crippen LogP contribution in [-0.4, -0.2) is 21.9 Å². The molecule has 0 fully saturated rings. The number of ether oxygens (including phenoxy) is 1. The Morgan fingerprint density at radius 1 is 1.30 bits per heavy atom. The molecular weight excluding hydrogens is 288 g/mol. The Morgan fingerprint density at radius 2 is 2.17 bits per heavy atom. The van der Waals surface area contributed by atoms with Gasteiger partial charge in [0.2, 0.25) is 0 Å². The molecule has 118 valence electrons. The van der Waals surface area contributed by atoms with Crippen molar-refractivity contribution in [3.63, 3.8) is 0 Å². The van der Waals surface area contributed by atoms with Gasteiger partial charge in [0.1, 0.15) is 17.6 Å². The minimum atomic E-state index is 0.551. The van der Waals surface area contributed by atoms with Gasteiger partial charge in [0.05, 0.1) is 12.7 Å². The number of rotatable bonds is 3. The largest absolute Gasteiger partial charge is 0.496 e. The fourth-order valence-electron chi connectivity index (χ4n) is 2.99. The van der Waals surface area contributed by atoms with Crippen LogP contribution in [0.3, 0.4) is 0 Å². The predicted molar refractivity (Wildman–Crippen MR) is 88.8 cm³/mol. The normalized spacial score (nSPS) is 14.7. The summed E-state index contributed by atoms with van der Waals surface area (Å²) in [7, 11) is 1.66. The first-order valence-electron chi connectivity index (χ1n) is 7.92. The van der Waals surface area contributed by atoms with Gasteiger partial charge in [0.25, 0.3) is 0 Å². The van der Waals surface area contributed by atoms with Crippen molar-refractivity contribution in [2.24, 2.45) is 0 Å². The van der Waals surface area contributed by atoms with Crippen molar-refractivity contribution in [2.75, 3.05) is 7.11 Å². The van der Waals surface area contributed by atoms with Crippen molar-refractivity contribution in [3.8, 4) is 11.8 Å². The summed E-state index contributed by atoms with van der Waals surface area (Å²) in [4.78, 5) is 0. The van der Waals surface area contributed by atoms with Crippen molar-refractivity contribution in [1.82, 2.24) is 14.8 Å². The minimum absolute atomic E-state index is 0.551. The van der Waals surface area contributed by atoms with Crippen LogP contribution in [0.25, 0.3) is 11.6 Å². The smallest absolute Gasteiger partial charge is 0.174 e. The SMILES string of the molecule is COc1ccc(/C=C(\C#N)c2nnc3n2CCCCC3)cc1C. The number of methoxy groups -OCH3 is 1. The van der Waals surface area contributed by atoms with Gasteiger partial charge in [-0.3, -0.25) is 0 Å². The van der Waals surface area contributed by atoms with E-state index in [0.717, 1.165) is 48.5 Å². The average Bonchev–Trinajstić information content (AvgIpc) is 2.81. The lowest BCUT2D eigenvalue weighted by atomic mass is 10.1. The topological polar surface area (TPSA) is 63.7 Å². The fourth-order valence-corrected chi connectivity index (χ4v) is 2.99. The molecule has 23 heavy (non-hydrogen) atoms. The van der Waals surface area contributed by atoms with Crippen LogP contribution in [0.2, 0.25) is 0 Å². The Balaban J connectivity index is 1.99. The Labute approximate surface area is 136 Å². The van der Waals surface area contributed by atoms with Gasteiger partial charge in [-0.15, -0.1) is 10.2 Å². The number of nitriles is 1. The van der Waals surface area contributed by atoms with E-state index in [2.05, 4.69) is 20.8 Å². The van der Waals surface area contributed by atoms with Crippen LogP contribution < -0.4 is 4.74 Å². The molecule has 1 aromatic carbocycles. The van der Waals surface area contributed by atoms with E-state index in [-0.39, 0.29) is 0 Å². The number of allylic oxidation sites excluding steroid dienone is 1. The van der Waals surface area contributed by atoms with E-state index in [1.165, 1.54) is 6.42 Å². The van der Waals surface area contributed by atoms with Crippen molar-refractivity contribution in [2.45, 2.75) is 39.2 Å². The number of hydrogen-bond donors (Lipinski definition) is 0. The van der Waals surface area contributed by atoms with Gasteiger partial charge in [0.15, 0.2) is 5.82 Å². The standard InChI is InChI=1S/C18H20N4O/c1-13-10-14(7-8-16(13)23-2)11-15(12-19)18-21-20-17-6-4-3-5-9-22(17)18/h7-8,10-11H,3-6,9H2,1-2H3/b15-11+. The molecule has 0 unspecified atom stereocenters. The number of fused-ring (bicyclic) bond motifs is 1. The highest BCUT2D eigenvalue weighted by Crippen LogP contribution is 2.24. The first kappa shape index (κ1) is 15.3. The van der Waals surface area contributed by atoms with Crippen molar-refractivity contribution < 1.29 is 4.74 Å². The van der Waals surface area contributed by atoms with E-state index in [4.69, 9.17) is 4.74 Å². The second-order valence-corrected chi connectivity index (χ2v) is 5.80. The highest BCUT2D eigenvalue weighted by Gasteiger charge is 2.17. The second-order valence-electron chi connectivity index (χ2n) is 5.80. The molecule has 0 atom stereocenters. The molecule has 5 heteroatoms. The van der Waals surface area contributed by atoms with Gasteiger partial charge in [0, 0.05) is 13.0 Å². The molecule has 0 N–H and O–H groups in total. The van der Waals surface area contributed by atoms with E-state index >= 15 is 0 Å². The lowest BCUT2D eigenvalue weighted by Gasteiger charge is -2.07. The number of hydrogen-bond acceptors (Lipinski definition) is 4. The summed E-state index contributed by atoms with van der Waals surface area (Å²) in [5.41, 5.74) is 2.56. The fraction of sp³-hybridized carbons (Fsp3) is 0.389.